The van der Waals surface area contributed by atoms with Gasteiger partial charge >= 0.3 is 12.1 Å². The highest BCUT2D eigenvalue weighted by atomic mass is 16.5. The Labute approximate surface area is 165 Å². The first-order chi connectivity index (χ1) is 13.5. The number of fused-ring (bicyclic) bond motifs is 1. The van der Waals surface area contributed by atoms with E-state index in [1.54, 1.807) is 11.8 Å². The van der Waals surface area contributed by atoms with Crippen LogP contribution in [-0.4, -0.2) is 60.5 Å². The molecule has 0 saturated carbocycles. The van der Waals surface area contributed by atoms with E-state index in [4.69, 9.17) is 9.47 Å². The third-order valence-corrected chi connectivity index (χ3v) is 5.58. The van der Waals surface area contributed by atoms with Gasteiger partial charge in [-0.15, -0.1) is 0 Å². The number of carbonyl (C=O) groups excluding carboxylic acids is 3. The van der Waals surface area contributed by atoms with Crippen molar-refractivity contribution in [3.05, 3.63) is 35.4 Å². The zero-order valence-electron chi connectivity index (χ0n) is 16.6. The maximum absolute atomic E-state index is 12.5. The van der Waals surface area contributed by atoms with Crippen molar-refractivity contribution < 1.29 is 23.9 Å². The number of ether oxygens (including phenoxy) is 2. The molecule has 28 heavy (non-hydrogen) atoms. The molecular formula is C21H28N2O5. The summed E-state index contributed by atoms with van der Waals surface area (Å²) in [6, 6.07) is 8.20. The second-order valence-electron chi connectivity index (χ2n) is 7.42. The van der Waals surface area contributed by atoms with Crippen LogP contribution in [0.5, 0.6) is 0 Å². The standard InChI is InChI=1S/C21H28N2O5/c1-3-28-20(25)11-19(24)15-8-9-23(21(26)27-2)18(10-15)14-22-12-16-6-4-5-7-17(16)13-22/h4-7,15,18H,3,8-14H2,1-2H3/t15-,18+/m0/s1. The number of esters is 1. The summed E-state index contributed by atoms with van der Waals surface area (Å²) in [7, 11) is 1.38. The second-order valence-corrected chi connectivity index (χ2v) is 7.42. The lowest BCUT2D eigenvalue weighted by Gasteiger charge is -2.39. The van der Waals surface area contributed by atoms with Crippen molar-refractivity contribution in [2.75, 3.05) is 26.8 Å². The second kappa shape index (κ2) is 9.19. The van der Waals surface area contributed by atoms with E-state index in [0.29, 0.717) is 25.9 Å². The van der Waals surface area contributed by atoms with Crippen LogP contribution in [0.2, 0.25) is 0 Å². The van der Waals surface area contributed by atoms with Gasteiger partial charge in [0.1, 0.15) is 12.2 Å². The molecule has 152 valence electrons. The van der Waals surface area contributed by atoms with Crippen molar-refractivity contribution in [3.63, 3.8) is 0 Å². The molecular weight excluding hydrogens is 360 g/mol. The molecule has 0 aliphatic carbocycles. The van der Waals surface area contributed by atoms with E-state index in [1.165, 1.54) is 18.2 Å². The highest BCUT2D eigenvalue weighted by Gasteiger charge is 2.37. The maximum Gasteiger partial charge on any atom is 0.409 e. The summed E-state index contributed by atoms with van der Waals surface area (Å²) in [6.07, 6.45) is 0.529. The number of likely N-dealkylation sites (tertiary alicyclic amines) is 1. The van der Waals surface area contributed by atoms with Crippen LogP contribution >= 0.6 is 0 Å². The first-order valence-corrected chi connectivity index (χ1v) is 9.83. The average Bonchev–Trinajstić information content (AvgIpc) is 3.09. The minimum atomic E-state index is -0.477. The topological polar surface area (TPSA) is 76.2 Å². The van der Waals surface area contributed by atoms with E-state index in [9.17, 15) is 14.4 Å². The quantitative estimate of drug-likeness (QED) is 0.550. The Morgan fingerprint density at radius 2 is 1.82 bits per heavy atom. The number of hydrogen-bond donors (Lipinski definition) is 0. The SMILES string of the molecule is CCOC(=O)CC(=O)[C@H]1CCN(C(=O)OC)[C@@H](CN2Cc3ccccc3C2)C1. The van der Waals surface area contributed by atoms with Crippen LogP contribution in [-0.2, 0) is 32.2 Å². The van der Waals surface area contributed by atoms with Gasteiger partial charge < -0.3 is 14.4 Å². The molecule has 1 fully saturated rings. The molecule has 0 bridgehead atoms. The molecule has 3 rings (SSSR count). The highest BCUT2D eigenvalue weighted by Crippen LogP contribution is 2.29. The number of amides is 1. The fourth-order valence-electron chi connectivity index (χ4n) is 4.20. The van der Waals surface area contributed by atoms with Crippen LogP contribution in [0.15, 0.2) is 24.3 Å². The Bertz CT molecular complexity index is 710. The molecule has 2 aliphatic rings. The Balaban J connectivity index is 1.65. The molecule has 1 amide bonds. The van der Waals surface area contributed by atoms with Crippen molar-refractivity contribution in [2.24, 2.45) is 5.92 Å². The number of ketones is 1. The van der Waals surface area contributed by atoms with E-state index in [2.05, 4.69) is 17.0 Å². The fraction of sp³-hybridized carbons (Fsp3) is 0.571. The van der Waals surface area contributed by atoms with Gasteiger partial charge in [0, 0.05) is 38.1 Å². The van der Waals surface area contributed by atoms with Crippen LogP contribution in [0.3, 0.4) is 0 Å². The predicted octanol–water partition coefficient (Wildman–Crippen LogP) is 2.37. The molecule has 7 heteroatoms. The largest absolute Gasteiger partial charge is 0.466 e. The van der Waals surface area contributed by atoms with Crippen molar-refractivity contribution in [3.8, 4) is 0 Å². The van der Waals surface area contributed by atoms with Gasteiger partial charge in [-0.3, -0.25) is 14.5 Å². The van der Waals surface area contributed by atoms with Gasteiger partial charge in [0.25, 0.3) is 0 Å². The van der Waals surface area contributed by atoms with Gasteiger partial charge in [-0.25, -0.2) is 4.79 Å². The van der Waals surface area contributed by atoms with E-state index in [0.717, 1.165) is 13.1 Å². The van der Waals surface area contributed by atoms with Crippen LogP contribution in [0.25, 0.3) is 0 Å². The van der Waals surface area contributed by atoms with Gasteiger partial charge in [0.2, 0.25) is 0 Å². The fourth-order valence-corrected chi connectivity index (χ4v) is 4.20. The molecule has 1 saturated heterocycles. The number of hydrogen-bond acceptors (Lipinski definition) is 6. The normalized spacial score (nSPS) is 21.9. The molecule has 7 nitrogen and oxygen atoms in total. The average molecular weight is 388 g/mol. The Kier molecular flexibility index (Phi) is 6.67. The van der Waals surface area contributed by atoms with Crippen LogP contribution < -0.4 is 0 Å². The van der Waals surface area contributed by atoms with E-state index >= 15 is 0 Å². The molecule has 0 spiro atoms. The van der Waals surface area contributed by atoms with Gasteiger partial charge in [0.05, 0.1) is 13.7 Å². The first kappa shape index (κ1) is 20.3. The number of benzene rings is 1. The number of Topliss-reactive ketones (excluding diaryl/α,β-unsaturated/α-hetero) is 1. The summed E-state index contributed by atoms with van der Waals surface area (Å²) >= 11 is 0. The minimum absolute atomic E-state index is 0.0994. The lowest BCUT2D eigenvalue weighted by molar-refractivity contribution is -0.146. The number of carbonyl (C=O) groups is 3. The van der Waals surface area contributed by atoms with Crippen LogP contribution in [0, 0.1) is 5.92 Å². The number of methoxy groups -OCH3 is 1. The summed E-state index contributed by atoms with van der Waals surface area (Å²) in [6.45, 7) is 4.79. The van der Waals surface area contributed by atoms with E-state index < -0.39 is 5.97 Å². The molecule has 1 aromatic carbocycles. The lowest BCUT2D eigenvalue weighted by Crippen LogP contribution is -2.51. The molecule has 2 heterocycles. The van der Waals surface area contributed by atoms with Crippen LogP contribution in [0.1, 0.15) is 37.3 Å². The molecule has 0 aromatic heterocycles. The Hall–Kier alpha value is -2.41. The monoisotopic (exact) mass is 388 g/mol. The van der Waals surface area contributed by atoms with Crippen LogP contribution in [0.4, 0.5) is 4.79 Å². The molecule has 1 aromatic rings. The zero-order chi connectivity index (χ0) is 20.1. The Morgan fingerprint density at radius 3 is 2.43 bits per heavy atom. The predicted molar refractivity (Wildman–Crippen MR) is 102 cm³/mol. The smallest absolute Gasteiger partial charge is 0.409 e. The molecule has 2 aliphatic heterocycles. The highest BCUT2D eigenvalue weighted by molar-refractivity contribution is 5.96. The third-order valence-electron chi connectivity index (χ3n) is 5.58. The van der Waals surface area contributed by atoms with Crippen molar-refractivity contribution in [1.29, 1.82) is 0 Å². The maximum atomic E-state index is 12.5. The molecule has 2 atom stereocenters. The summed E-state index contributed by atoms with van der Waals surface area (Å²) in [4.78, 5) is 40.5. The van der Waals surface area contributed by atoms with E-state index in [1.807, 2.05) is 12.1 Å². The number of nitrogens with zero attached hydrogens (tertiary/aromatic N) is 2. The third kappa shape index (κ3) is 4.70. The van der Waals surface area contributed by atoms with Gasteiger partial charge in [0.15, 0.2) is 0 Å². The summed E-state index contributed by atoms with van der Waals surface area (Å²) in [5.41, 5.74) is 2.61. The minimum Gasteiger partial charge on any atom is -0.466 e. The number of piperidine rings is 1. The van der Waals surface area contributed by atoms with Gasteiger partial charge in [-0.1, -0.05) is 24.3 Å². The van der Waals surface area contributed by atoms with Crippen molar-refractivity contribution in [1.82, 2.24) is 9.80 Å². The number of rotatable bonds is 6. The lowest BCUT2D eigenvalue weighted by atomic mass is 9.86. The molecule has 0 N–H and O–H groups in total. The zero-order valence-corrected chi connectivity index (χ0v) is 16.6. The van der Waals surface area contributed by atoms with E-state index in [-0.39, 0.29) is 36.9 Å². The summed E-state index contributed by atoms with van der Waals surface area (Å²) in [5.74, 6) is -0.813. The van der Waals surface area contributed by atoms with Crippen molar-refractivity contribution in [2.45, 2.75) is 45.3 Å². The Morgan fingerprint density at radius 1 is 1.14 bits per heavy atom. The van der Waals surface area contributed by atoms with Gasteiger partial charge in [-0.2, -0.15) is 0 Å². The molecule has 0 radical (unpaired) electrons. The molecule has 0 unspecified atom stereocenters. The first-order valence-electron chi connectivity index (χ1n) is 9.83. The summed E-state index contributed by atoms with van der Waals surface area (Å²) in [5, 5.41) is 0. The summed E-state index contributed by atoms with van der Waals surface area (Å²) < 4.78 is 9.85. The van der Waals surface area contributed by atoms with Gasteiger partial charge in [-0.05, 0) is 30.9 Å². The van der Waals surface area contributed by atoms with Crippen molar-refractivity contribution >= 4 is 17.8 Å².